The van der Waals surface area contributed by atoms with Gasteiger partial charge in [-0.3, -0.25) is 4.99 Å². The first-order valence-corrected chi connectivity index (χ1v) is 12.5. The summed E-state index contributed by atoms with van der Waals surface area (Å²) >= 11 is 0. The Morgan fingerprint density at radius 2 is 1.81 bits per heavy atom. The van der Waals surface area contributed by atoms with E-state index < -0.39 is 14.6 Å². The highest BCUT2D eigenvalue weighted by Crippen LogP contribution is 2.32. The lowest BCUT2D eigenvalue weighted by atomic mass is 9.78. The Hall–Kier alpha value is -0.820. The van der Waals surface area contributed by atoms with Crippen molar-refractivity contribution in [3.8, 4) is 0 Å². The summed E-state index contributed by atoms with van der Waals surface area (Å²) in [4.78, 5) is 4.70. The number of sulfone groups is 1. The molecule has 0 bridgehead atoms. The fourth-order valence-electron chi connectivity index (χ4n) is 4.35. The second-order valence-corrected chi connectivity index (χ2v) is 10.9. The molecule has 2 atom stereocenters. The molecule has 2 aliphatic rings. The summed E-state index contributed by atoms with van der Waals surface area (Å²) in [6.45, 7) is 8.59. The summed E-state index contributed by atoms with van der Waals surface area (Å²) in [7, 11) is -3.20. The Balaban J connectivity index is 2.05. The van der Waals surface area contributed by atoms with Gasteiger partial charge in [0.05, 0.1) is 11.3 Å². The van der Waals surface area contributed by atoms with Crippen LogP contribution in [0.3, 0.4) is 0 Å². The molecule has 2 N–H and O–H groups in total. The highest BCUT2D eigenvalue weighted by molar-refractivity contribution is 7.92. The van der Waals surface area contributed by atoms with Gasteiger partial charge < -0.3 is 15.4 Å². The normalized spacial score (nSPS) is 24.2. The van der Waals surface area contributed by atoms with Gasteiger partial charge in [-0.2, -0.15) is 0 Å². The van der Waals surface area contributed by atoms with E-state index in [1.807, 2.05) is 6.92 Å². The third-order valence-corrected chi connectivity index (χ3v) is 8.72. The van der Waals surface area contributed by atoms with Gasteiger partial charge in [-0.25, -0.2) is 8.42 Å². The third-order valence-electron chi connectivity index (χ3n) is 6.61. The first kappa shape index (κ1) is 22.5. The van der Waals surface area contributed by atoms with Crippen LogP contribution >= 0.6 is 0 Å². The lowest BCUT2D eigenvalue weighted by Gasteiger charge is -2.35. The van der Waals surface area contributed by atoms with Crippen LogP contribution in [0.2, 0.25) is 0 Å². The number of rotatable bonds is 7. The van der Waals surface area contributed by atoms with Crippen molar-refractivity contribution in [1.29, 1.82) is 0 Å². The lowest BCUT2D eigenvalue weighted by molar-refractivity contribution is 0.0768. The fraction of sp³-hybridized carbons (Fsp3) is 0.950. The average Bonchev–Trinajstić information content (AvgIpc) is 2.66. The van der Waals surface area contributed by atoms with Crippen molar-refractivity contribution in [3.05, 3.63) is 0 Å². The van der Waals surface area contributed by atoms with Crippen molar-refractivity contribution < 1.29 is 13.2 Å². The van der Waals surface area contributed by atoms with Crippen LogP contribution in [0.25, 0.3) is 0 Å². The Labute approximate surface area is 165 Å². The Bertz CT molecular complexity index is 579. The molecule has 7 heteroatoms. The van der Waals surface area contributed by atoms with Crippen molar-refractivity contribution in [2.45, 2.75) is 76.5 Å². The van der Waals surface area contributed by atoms with Gasteiger partial charge in [-0.05, 0) is 38.5 Å². The molecule has 0 spiro atoms. The molecule has 0 aromatic rings. The van der Waals surface area contributed by atoms with Gasteiger partial charge >= 0.3 is 0 Å². The van der Waals surface area contributed by atoms with Crippen LogP contribution in [0.5, 0.6) is 0 Å². The smallest absolute Gasteiger partial charge is 0.191 e. The summed E-state index contributed by atoms with van der Waals surface area (Å²) in [5, 5.41) is 6.83. The van der Waals surface area contributed by atoms with Crippen LogP contribution in [0, 0.1) is 11.8 Å². The monoisotopic (exact) mass is 401 g/mol. The van der Waals surface area contributed by atoms with Gasteiger partial charge in [0.25, 0.3) is 0 Å². The number of hydrogen-bond acceptors (Lipinski definition) is 4. The summed E-state index contributed by atoms with van der Waals surface area (Å²) < 4.78 is 29.5. The molecule has 2 fully saturated rings. The number of guanidine groups is 1. The Morgan fingerprint density at radius 3 is 2.37 bits per heavy atom. The van der Waals surface area contributed by atoms with Gasteiger partial charge in [0, 0.05) is 32.1 Å². The first-order valence-electron chi connectivity index (χ1n) is 10.6. The summed E-state index contributed by atoms with van der Waals surface area (Å²) in [6, 6.07) is 0.301. The zero-order valence-corrected chi connectivity index (χ0v) is 18.4. The topological polar surface area (TPSA) is 79.8 Å². The number of ether oxygens (including phenoxy) is 1. The quantitative estimate of drug-likeness (QED) is 0.506. The fourth-order valence-corrected chi connectivity index (χ4v) is 5.56. The van der Waals surface area contributed by atoms with E-state index in [0.717, 1.165) is 18.4 Å². The van der Waals surface area contributed by atoms with E-state index in [2.05, 4.69) is 24.5 Å². The molecule has 1 aliphatic carbocycles. The summed E-state index contributed by atoms with van der Waals surface area (Å²) in [5.74, 6) is 2.06. The van der Waals surface area contributed by atoms with E-state index >= 15 is 0 Å². The van der Waals surface area contributed by atoms with Gasteiger partial charge in [-0.15, -0.1) is 0 Å². The Morgan fingerprint density at radius 1 is 1.19 bits per heavy atom. The zero-order chi connectivity index (χ0) is 19.9. The zero-order valence-electron chi connectivity index (χ0n) is 17.6. The second-order valence-electron chi connectivity index (χ2n) is 8.45. The molecular formula is C20H39N3O3S. The predicted octanol–water partition coefficient (Wildman–Crippen LogP) is 2.74. The van der Waals surface area contributed by atoms with E-state index in [9.17, 15) is 8.42 Å². The summed E-state index contributed by atoms with van der Waals surface area (Å²) in [5.41, 5.74) is 0. The molecule has 2 rings (SSSR count). The first-order chi connectivity index (χ1) is 12.8. The van der Waals surface area contributed by atoms with E-state index in [-0.39, 0.29) is 6.54 Å². The number of nitrogens with zero attached hydrogens (tertiary/aromatic N) is 1. The average molecular weight is 402 g/mol. The number of aliphatic imine (C=N–C) groups is 1. The van der Waals surface area contributed by atoms with Gasteiger partial charge in [-0.1, -0.05) is 39.0 Å². The molecule has 1 heterocycles. The molecule has 0 aromatic heterocycles. The van der Waals surface area contributed by atoms with Crippen LogP contribution in [0.4, 0.5) is 0 Å². The molecule has 0 amide bonds. The lowest BCUT2D eigenvalue weighted by Crippen LogP contribution is -2.49. The van der Waals surface area contributed by atoms with E-state index in [4.69, 9.17) is 9.73 Å². The molecule has 2 unspecified atom stereocenters. The largest absolute Gasteiger partial charge is 0.381 e. The molecular weight excluding hydrogens is 362 g/mol. The van der Waals surface area contributed by atoms with Crippen molar-refractivity contribution in [2.75, 3.05) is 32.6 Å². The van der Waals surface area contributed by atoms with Crippen molar-refractivity contribution >= 4 is 15.8 Å². The molecule has 1 saturated carbocycles. The minimum atomic E-state index is -3.20. The number of hydrogen-bond donors (Lipinski definition) is 2. The van der Waals surface area contributed by atoms with Crippen LogP contribution in [0.15, 0.2) is 4.99 Å². The second kappa shape index (κ2) is 10.1. The molecule has 0 aromatic carbocycles. The molecule has 158 valence electrons. The molecule has 1 aliphatic heterocycles. The van der Waals surface area contributed by atoms with Gasteiger partial charge in [0.15, 0.2) is 15.8 Å². The van der Waals surface area contributed by atoms with E-state index in [0.29, 0.717) is 38.0 Å². The molecule has 6 nitrogen and oxygen atoms in total. The van der Waals surface area contributed by atoms with Crippen LogP contribution in [-0.2, 0) is 14.6 Å². The molecule has 27 heavy (non-hydrogen) atoms. The predicted molar refractivity (Wildman–Crippen MR) is 112 cm³/mol. The minimum Gasteiger partial charge on any atom is -0.381 e. The van der Waals surface area contributed by atoms with Gasteiger partial charge in [0.1, 0.15) is 0 Å². The minimum absolute atomic E-state index is 0.287. The summed E-state index contributed by atoms with van der Waals surface area (Å²) in [6.07, 6.45) is 9.06. The maximum absolute atomic E-state index is 12.4. The highest BCUT2D eigenvalue weighted by Gasteiger charge is 2.42. The van der Waals surface area contributed by atoms with Gasteiger partial charge in [0.2, 0.25) is 0 Å². The number of nitrogens with one attached hydrogen (secondary N) is 2. The van der Waals surface area contributed by atoms with Crippen molar-refractivity contribution in [3.63, 3.8) is 0 Å². The van der Waals surface area contributed by atoms with Crippen molar-refractivity contribution in [1.82, 2.24) is 10.6 Å². The van der Waals surface area contributed by atoms with E-state index in [1.54, 1.807) is 0 Å². The van der Waals surface area contributed by atoms with Crippen LogP contribution in [-0.4, -0.2) is 57.7 Å². The van der Waals surface area contributed by atoms with E-state index in [1.165, 1.54) is 38.4 Å². The maximum Gasteiger partial charge on any atom is 0.191 e. The van der Waals surface area contributed by atoms with Crippen LogP contribution in [0.1, 0.15) is 65.7 Å². The Kier molecular flexibility index (Phi) is 8.40. The standard InChI is InChI=1S/C20H39N3O3S/c1-5-21-19(23-17(3)16(2)18-9-7-6-8-10-18)22-15-20(27(4,24)25)11-13-26-14-12-20/h16-18H,5-15H2,1-4H3,(H2,21,22,23). The maximum atomic E-state index is 12.4. The molecule has 1 saturated heterocycles. The molecule has 0 radical (unpaired) electrons. The third kappa shape index (κ3) is 6.08. The van der Waals surface area contributed by atoms with Crippen LogP contribution < -0.4 is 10.6 Å². The van der Waals surface area contributed by atoms with Crippen molar-refractivity contribution in [2.24, 2.45) is 16.8 Å². The highest BCUT2D eigenvalue weighted by atomic mass is 32.2. The SMILES string of the molecule is CCNC(=NCC1(S(C)(=O)=O)CCOCC1)NC(C)C(C)C1CCCCC1.